The Labute approximate surface area is 128 Å². The number of rotatable bonds is 4. The minimum absolute atomic E-state index is 0.913. The molecule has 0 aliphatic heterocycles. The first-order valence-corrected chi connectivity index (χ1v) is 7.64. The van der Waals surface area contributed by atoms with Gasteiger partial charge >= 0.3 is 0 Å². The highest BCUT2D eigenvalue weighted by Gasteiger charge is 2.13. The van der Waals surface area contributed by atoms with Crippen molar-refractivity contribution in [1.82, 2.24) is 4.98 Å². The molecule has 1 N–H and O–H groups in total. The lowest BCUT2D eigenvalue weighted by molar-refractivity contribution is 1.17. The predicted octanol–water partition coefficient (Wildman–Crippen LogP) is 4.96. The molecule has 0 radical (unpaired) electrons. The number of aromatic nitrogens is 1. The standard InChI is InChI=1S/C17H17N3S/c1-13-16(20(2)15-11-7-4-8-12-15)21-17(18-13)19-14-9-5-3-6-10-14/h3-12H,1-2H3,(H,18,19). The second kappa shape index (κ2) is 5.97. The summed E-state index contributed by atoms with van der Waals surface area (Å²) in [4.78, 5) is 6.79. The van der Waals surface area contributed by atoms with E-state index >= 15 is 0 Å². The number of thiazole rings is 1. The number of anilines is 4. The summed E-state index contributed by atoms with van der Waals surface area (Å²) in [6.45, 7) is 2.04. The lowest BCUT2D eigenvalue weighted by Gasteiger charge is -2.17. The average molecular weight is 295 g/mol. The van der Waals surface area contributed by atoms with Crippen LogP contribution in [0.3, 0.4) is 0 Å². The van der Waals surface area contributed by atoms with Gasteiger partial charge in [0, 0.05) is 18.4 Å². The molecule has 0 bridgehead atoms. The third kappa shape index (κ3) is 3.06. The summed E-state index contributed by atoms with van der Waals surface area (Å²) in [7, 11) is 2.07. The fourth-order valence-electron chi connectivity index (χ4n) is 2.17. The molecule has 3 nitrogen and oxygen atoms in total. The molecule has 0 saturated carbocycles. The molecule has 1 heterocycles. The van der Waals surface area contributed by atoms with Crippen molar-refractivity contribution in [2.75, 3.05) is 17.3 Å². The highest BCUT2D eigenvalue weighted by Crippen LogP contribution is 2.35. The van der Waals surface area contributed by atoms with Crippen LogP contribution >= 0.6 is 11.3 Å². The first-order valence-electron chi connectivity index (χ1n) is 6.82. The third-order valence-corrected chi connectivity index (χ3v) is 4.39. The van der Waals surface area contributed by atoms with Gasteiger partial charge in [-0.3, -0.25) is 0 Å². The van der Waals surface area contributed by atoms with E-state index in [1.165, 1.54) is 0 Å². The first-order chi connectivity index (χ1) is 10.2. The zero-order valence-electron chi connectivity index (χ0n) is 12.1. The second-order valence-electron chi connectivity index (χ2n) is 4.80. The van der Waals surface area contributed by atoms with Crippen LogP contribution in [-0.4, -0.2) is 12.0 Å². The summed E-state index contributed by atoms with van der Waals surface area (Å²) in [6.07, 6.45) is 0. The van der Waals surface area contributed by atoms with Gasteiger partial charge in [-0.15, -0.1) is 0 Å². The summed E-state index contributed by atoms with van der Waals surface area (Å²) in [5.41, 5.74) is 3.25. The molecule has 1 aromatic heterocycles. The second-order valence-corrected chi connectivity index (χ2v) is 5.77. The summed E-state index contributed by atoms with van der Waals surface area (Å²) in [5.74, 6) is 0. The number of nitrogens with one attached hydrogen (secondary N) is 1. The van der Waals surface area contributed by atoms with Crippen LogP contribution in [0.15, 0.2) is 60.7 Å². The topological polar surface area (TPSA) is 28.2 Å². The van der Waals surface area contributed by atoms with Crippen molar-refractivity contribution in [3.8, 4) is 0 Å². The molecule has 0 amide bonds. The molecule has 3 rings (SSSR count). The Morgan fingerprint density at radius 3 is 2.24 bits per heavy atom. The number of para-hydroxylation sites is 2. The average Bonchev–Trinajstić information content (AvgIpc) is 2.89. The van der Waals surface area contributed by atoms with Gasteiger partial charge in [-0.25, -0.2) is 4.98 Å². The SMILES string of the molecule is Cc1nc(Nc2ccccc2)sc1N(C)c1ccccc1. The molecule has 21 heavy (non-hydrogen) atoms. The molecule has 106 valence electrons. The number of aryl methyl sites for hydroxylation is 1. The van der Waals surface area contributed by atoms with E-state index in [0.717, 1.165) is 27.2 Å². The maximum Gasteiger partial charge on any atom is 0.189 e. The molecule has 4 heteroatoms. The minimum atomic E-state index is 0.913. The van der Waals surface area contributed by atoms with Gasteiger partial charge in [0.1, 0.15) is 5.00 Å². The molecule has 0 fully saturated rings. The van der Waals surface area contributed by atoms with Crippen molar-refractivity contribution in [2.45, 2.75) is 6.92 Å². The molecular formula is C17H17N3S. The van der Waals surface area contributed by atoms with Crippen molar-refractivity contribution in [3.63, 3.8) is 0 Å². The molecule has 0 saturated heterocycles. The summed E-state index contributed by atoms with van der Waals surface area (Å²) < 4.78 is 0. The maximum atomic E-state index is 4.62. The smallest absolute Gasteiger partial charge is 0.189 e. The highest BCUT2D eigenvalue weighted by atomic mass is 32.1. The van der Waals surface area contributed by atoms with Gasteiger partial charge in [-0.2, -0.15) is 0 Å². The van der Waals surface area contributed by atoms with Crippen molar-refractivity contribution in [2.24, 2.45) is 0 Å². The van der Waals surface area contributed by atoms with E-state index < -0.39 is 0 Å². The molecule has 0 spiro atoms. The fraction of sp³-hybridized carbons (Fsp3) is 0.118. The Morgan fingerprint density at radius 2 is 1.57 bits per heavy atom. The third-order valence-electron chi connectivity index (χ3n) is 3.25. The van der Waals surface area contributed by atoms with Crippen molar-refractivity contribution in [1.29, 1.82) is 0 Å². The fourth-order valence-corrected chi connectivity index (χ4v) is 3.14. The summed E-state index contributed by atoms with van der Waals surface area (Å²) in [6, 6.07) is 20.4. The van der Waals surface area contributed by atoms with Gasteiger partial charge in [-0.1, -0.05) is 47.7 Å². The monoisotopic (exact) mass is 295 g/mol. The van der Waals surface area contributed by atoms with Crippen LogP contribution in [-0.2, 0) is 0 Å². The molecule has 0 aliphatic carbocycles. The molecule has 0 aliphatic rings. The molecule has 3 aromatic rings. The summed E-state index contributed by atoms with van der Waals surface area (Å²) in [5, 5.41) is 5.42. The molecule has 0 atom stereocenters. The van der Waals surface area contributed by atoms with Crippen LogP contribution in [0, 0.1) is 6.92 Å². The maximum absolute atomic E-state index is 4.62. The summed E-state index contributed by atoms with van der Waals surface area (Å²) >= 11 is 1.66. The molecule has 0 unspecified atom stereocenters. The number of hydrogen-bond acceptors (Lipinski definition) is 4. The zero-order chi connectivity index (χ0) is 14.7. The lowest BCUT2D eigenvalue weighted by Crippen LogP contribution is -2.08. The van der Waals surface area contributed by atoms with E-state index in [0.29, 0.717) is 0 Å². The van der Waals surface area contributed by atoms with Crippen LogP contribution in [0.25, 0.3) is 0 Å². The largest absolute Gasteiger partial charge is 0.335 e. The van der Waals surface area contributed by atoms with Gasteiger partial charge < -0.3 is 10.2 Å². The quantitative estimate of drug-likeness (QED) is 0.737. The Hall–Kier alpha value is -2.33. The van der Waals surface area contributed by atoms with Crippen LogP contribution in [0.2, 0.25) is 0 Å². The van der Waals surface area contributed by atoms with Crippen molar-refractivity contribution < 1.29 is 0 Å². The Balaban J connectivity index is 1.85. The van der Waals surface area contributed by atoms with E-state index in [1.54, 1.807) is 11.3 Å². The number of hydrogen-bond donors (Lipinski definition) is 1. The van der Waals surface area contributed by atoms with E-state index in [1.807, 2.05) is 55.5 Å². The first kappa shape index (κ1) is 13.6. The van der Waals surface area contributed by atoms with Crippen LogP contribution in [0.5, 0.6) is 0 Å². The molecular weight excluding hydrogens is 278 g/mol. The van der Waals surface area contributed by atoms with Crippen LogP contribution in [0.1, 0.15) is 5.69 Å². The van der Waals surface area contributed by atoms with E-state index in [9.17, 15) is 0 Å². The zero-order valence-corrected chi connectivity index (χ0v) is 12.9. The van der Waals surface area contributed by atoms with Gasteiger partial charge in [0.2, 0.25) is 0 Å². The Kier molecular flexibility index (Phi) is 3.88. The van der Waals surface area contributed by atoms with Crippen molar-refractivity contribution in [3.05, 3.63) is 66.4 Å². The number of nitrogens with zero attached hydrogens (tertiary/aromatic N) is 2. The van der Waals surface area contributed by atoms with Gasteiger partial charge in [0.15, 0.2) is 5.13 Å². The lowest BCUT2D eigenvalue weighted by atomic mass is 10.3. The van der Waals surface area contributed by atoms with E-state index in [2.05, 4.69) is 34.4 Å². The Morgan fingerprint density at radius 1 is 0.952 bits per heavy atom. The normalized spacial score (nSPS) is 10.4. The van der Waals surface area contributed by atoms with E-state index in [-0.39, 0.29) is 0 Å². The minimum Gasteiger partial charge on any atom is -0.335 e. The van der Waals surface area contributed by atoms with Gasteiger partial charge in [-0.05, 0) is 31.2 Å². The van der Waals surface area contributed by atoms with Crippen LogP contribution < -0.4 is 10.2 Å². The Bertz CT molecular complexity index is 707. The van der Waals surface area contributed by atoms with Crippen LogP contribution in [0.4, 0.5) is 21.5 Å². The number of benzene rings is 2. The van der Waals surface area contributed by atoms with Gasteiger partial charge in [0.05, 0.1) is 5.69 Å². The highest BCUT2D eigenvalue weighted by molar-refractivity contribution is 7.19. The predicted molar refractivity (Wildman–Crippen MR) is 91.1 cm³/mol. The van der Waals surface area contributed by atoms with Gasteiger partial charge in [0.25, 0.3) is 0 Å². The van der Waals surface area contributed by atoms with Crippen molar-refractivity contribution >= 4 is 32.8 Å². The van der Waals surface area contributed by atoms with E-state index in [4.69, 9.17) is 0 Å². The molecule has 2 aromatic carbocycles.